The number of carbonyl (C=O) groups is 2. The van der Waals surface area contributed by atoms with Crippen LogP contribution < -0.4 is 5.32 Å². The van der Waals surface area contributed by atoms with Gasteiger partial charge in [0.05, 0.1) is 6.04 Å². The van der Waals surface area contributed by atoms with Gasteiger partial charge in [-0.1, -0.05) is 28.9 Å². The third-order valence-electron chi connectivity index (χ3n) is 3.97. The number of benzene rings is 1. The van der Waals surface area contributed by atoms with Crippen LogP contribution in [0.4, 0.5) is 0 Å². The second kappa shape index (κ2) is 7.05. The molecule has 1 aromatic carbocycles. The van der Waals surface area contributed by atoms with Crippen molar-refractivity contribution in [3.63, 3.8) is 0 Å². The Morgan fingerprint density at radius 2 is 1.96 bits per heavy atom. The van der Waals surface area contributed by atoms with E-state index in [-0.39, 0.29) is 22.9 Å². The van der Waals surface area contributed by atoms with Crippen molar-refractivity contribution in [1.29, 1.82) is 0 Å². The number of carboxylic acid groups (broad SMARTS) is 1. The van der Waals surface area contributed by atoms with Crippen molar-refractivity contribution in [2.75, 3.05) is 0 Å². The zero-order valence-corrected chi connectivity index (χ0v) is 14.8. The first-order valence-electron chi connectivity index (χ1n) is 7.79. The minimum atomic E-state index is -1.19. The molecule has 0 saturated heterocycles. The van der Waals surface area contributed by atoms with Gasteiger partial charge < -0.3 is 19.5 Å². The van der Waals surface area contributed by atoms with E-state index >= 15 is 0 Å². The van der Waals surface area contributed by atoms with Crippen molar-refractivity contribution in [3.8, 4) is 11.3 Å². The number of rotatable bonds is 5. The molecule has 3 aromatic rings. The zero-order chi connectivity index (χ0) is 18.8. The summed E-state index contributed by atoms with van der Waals surface area (Å²) in [6.45, 7) is 1.64. The summed E-state index contributed by atoms with van der Waals surface area (Å²) in [5, 5.41) is 16.8. The molecule has 2 heterocycles. The van der Waals surface area contributed by atoms with Gasteiger partial charge in [0.15, 0.2) is 5.76 Å². The Bertz CT molecular complexity index is 959. The molecule has 2 aromatic heterocycles. The summed E-state index contributed by atoms with van der Waals surface area (Å²) in [5.74, 6) is -1.46. The van der Waals surface area contributed by atoms with Crippen LogP contribution in [0, 0.1) is 0 Å². The second-order valence-corrected chi connectivity index (χ2v) is 6.22. The Labute approximate surface area is 154 Å². The maximum absolute atomic E-state index is 12.3. The fraction of sp³-hybridized carbons (Fsp3) is 0.167. The van der Waals surface area contributed by atoms with E-state index in [0.717, 1.165) is 0 Å². The molecule has 8 heteroatoms. The molecule has 0 spiro atoms. The first kappa shape index (κ1) is 17.8. The number of aromatic carboxylic acids is 1. The summed E-state index contributed by atoms with van der Waals surface area (Å²) in [6.07, 6.45) is 1.75. The molecule has 1 atom stereocenters. The summed E-state index contributed by atoms with van der Waals surface area (Å²) in [7, 11) is 1.75. The lowest BCUT2D eigenvalue weighted by molar-refractivity contribution is 0.0692. The summed E-state index contributed by atoms with van der Waals surface area (Å²) >= 11 is 5.87. The number of aryl methyl sites for hydroxylation is 1. The molecule has 2 N–H and O–H groups in total. The molecule has 0 unspecified atom stereocenters. The monoisotopic (exact) mass is 373 g/mol. The van der Waals surface area contributed by atoms with Crippen LogP contribution in [0.25, 0.3) is 11.3 Å². The normalized spacial score (nSPS) is 12.0. The average molecular weight is 374 g/mol. The topological polar surface area (TPSA) is 97.4 Å². The van der Waals surface area contributed by atoms with E-state index in [1.807, 2.05) is 0 Å². The molecule has 0 aliphatic carbocycles. The number of carbonyl (C=O) groups excluding carboxylic acids is 1. The maximum Gasteiger partial charge on any atom is 0.341 e. The number of hydrogen-bond acceptors (Lipinski definition) is 4. The lowest BCUT2D eigenvalue weighted by Gasteiger charge is -2.12. The molecule has 0 fully saturated rings. The van der Waals surface area contributed by atoms with Gasteiger partial charge in [0.2, 0.25) is 0 Å². The maximum atomic E-state index is 12.3. The summed E-state index contributed by atoms with van der Waals surface area (Å²) < 4.78 is 6.93. The molecule has 7 nitrogen and oxygen atoms in total. The number of aromatic nitrogens is 2. The first-order chi connectivity index (χ1) is 12.4. The predicted octanol–water partition coefficient (Wildman–Crippen LogP) is 3.52. The molecule has 1 amide bonds. The van der Waals surface area contributed by atoms with E-state index in [0.29, 0.717) is 16.3 Å². The Morgan fingerprint density at radius 3 is 2.54 bits per heavy atom. The van der Waals surface area contributed by atoms with Crippen LogP contribution >= 0.6 is 11.6 Å². The number of carboxylic acids is 1. The highest BCUT2D eigenvalue weighted by Crippen LogP contribution is 2.30. The van der Waals surface area contributed by atoms with Crippen LogP contribution in [0.2, 0.25) is 5.02 Å². The smallest absolute Gasteiger partial charge is 0.341 e. The van der Waals surface area contributed by atoms with Crippen molar-refractivity contribution < 1.29 is 19.2 Å². The van der Waals surface area contributed by atoms with Crippen molar-refractivity contribution in [1.82, 2.24) is 15.0 Å². The highest BCUT2D eigenvalue weighted by Gasteiger charge is 2.28. The van der Waals surface area contributed by atoms with Gasteiger partial charge in [-0.2, -0.15) is 0 Å². The molecular weight excluding hydrogens is 358 g/mol. The third-order valence-corrected chi connectivity index (χ3v) is 4.22. The van der Waals surface area contributed by atoms with Crippen LogP contribution in [0.5, 0.6) is 0 Å². The van der Waals surface area contributed by atoms with Crippen LogP contribution in [0.3, 0.4) is 0 Å². The molecule has 0 aliphatic rings. The van der Waals surface area contributed by atoms with Crippen molar-refractivity contribution >= 4 is 23.5 Å². The molecule has 134 valence electrons. The molecule has 0 saturated carbocycles. The predicted molar refractivity (Wildman–Crippen MR) is 95.2 cm³/mol. The minimum absolute atomic E-state index is 0.0741. The minimum Gasteiger partial charge on any atom is -0.477 e. The number of amides is 1. The van der Waals surface area contributed by atoms with E-state index < -0.39 is 12.0 Å². The van der Waals surface area contributed by atoms with Gasteiger partial charge in [0.25, 0.3) is 5.91 Å². The zero-order valence-electron chi connectivity index (χ0n) is 14.1. The first-order valence-corrected chi connectivity index (χ1v) is 8.17. The van der Waals surface area contributed by atoms with Crippen LogP contribution in [0.15, 0.2) is 47.1 Å². The lowest BCUT2D eigenvalue weighted by Crippen LogP contribution is -2.28. The Kier molecular flexibility index (Phi) is 4.81. The highest BCUT2D eigenvalue weighted by molar-refractivity contribution is 6.30. The van der Waals surface area contributed by atoms with Crippen molar-refractivity contribution in [2.45, 2.75) is 13.0 Å². The Hall–Kier alpha value is -3.06. The van der Waals surface area contributed by atoms with Gasteiger partial charge in [-0.25, -0.2) is 4.79 Å². The molecule has 3 rings (SSSR count). The number of nitrogens with one attached hydrogen (secondary N) is 1. The van der Waals surface area contributed by atoms with Gasteiger partial charge in [-0.05, 0) is 31.2 Å². The molecule has 0 bridgehead atoms. The largest absolute Gasteiger partial charge is 0.477 e. The fourth-order valence-electron chi connectivity index (χ4n) is 2.64. The standard InChI is InChI=1S/C18H16ClN3O4/c1-10(20-17(23)13-4-3-9-22(13)2)16-14(18(24)25)15(21-26-16)11-5-7-12(19)8-6-11/h3-10H,1-2H3,(H,20,23)(H,24,25)/t10-/m1/s1. The van der Waals surface area contributed by atoms with E-state index in [9.17, 15) is 14.7 Å². The third kappa shape index (κ3) is 3.34. The summed E-state index contributed by atoms with van der Waals surface area (Å²) in [6, 6.07) is 9.31. The van der Waals surface area contributed by atoms with E-state index in [4.69, 9.17) is 16.1 Å². The number of halogens is 1. The van der Waals surface area contributed by atoms with Gasteiger partial charge in [-0.3, -0.25) is 4.79 Å². The van der Waals surface area contributed by atoms with Crippen LogP contribution in [0.1, 0.15) is 39.6 Å². The fourth-order valence-corrected chi connectivity index (χ4v) is 2.77. The van der Waals surface area contributed by atoms with E-state index in [1.54, 1.807) is 61.1 Å². The highest BCUT2D eigenvalue weighted by atomic mass is 35.5. The van der Waals surface area contributed by atoms with Gasteiger partial charge in [0.1, 0.15) is 17.0 Å². The van der Waals surface area contributed by atoms with E-state index in [2.05, 4.69) is 10.5 Å². The average Bonchev–Trinajstić information content (AvgIpc) is 3.21. The molecule has 0 aliphatic heterocycles. The molecule has 26 heavy (non-hydrogen) atoms. The van der Waals surface area contributed by atoms with E-state index in [1.165, 1.54) is 0 Å². The van der Waals surface area contributed by atoms with Gasteiger partial charge in [-0.15, -0.1) is 0 Å². The quantitative estimate of drug-likeness (QED) is 0.713. The molecular formula is C18H16ClN3O4. The Balaban J connectivity index is 1.92. The van der Waals surface area contributed by atoms with Gasteiger partial charge >= 0.3 is 5.97 Å². The van der Waals surface area contributed by atoms with Crippen molar-refractivity contribution in [3.05, 3.63) is 64.6 Å². The second-order valence-electron chi connectivity index (χ2n) is 5.78. The lowest BCUT2D eigenvalue weighted by atomic mass is 10.0. The van der Waals surface area contributed by atoms with Crippen LogP contribution in [-0.2, 0) is 7.05 Å². The Morgan fingerprint density at radius 1 is 1.27 bits per heavy atom. The van der Waals surface area contributed by atoms with Crippen molar-refractivity contribution in [2.24, 2.45) is 7.05 Å². The molecule has 0 radical (unpaired) electrons. The van der Waals surface area contributed by atoms with Gasteiger partial charge in [0, 0.05) is 23.8 Å². The number of nitrogens with zero attached hydrogens (tertiary/aromatic N) is 2. The summed E-state index contributed by atoms with van der Waals surface area (Å²) in [5.41, 5.74) is 1.10. The SMILES string of the molecule is C[C@@H](NC(=O)c1cccn1C)c1onc(-c2ccc(Cl)cc2)c1C(=O)O. The summed E-state index contributed by atoms with van der Waals surface area (Å²) in [4.78, 5) is 24.1. The van der Waals surface area contributed by atoms with Crippen LogP contribution in [-0.4, -0.2) is 26.7 Å². The number of hydrogen-bond donors (Lipinski definition) is 2.